The standard InChI is InChI=1S/C22H13F2N4O2.C20H17F2N4O2.C20H10F2N3O3.C20H10F2N3O2S.C17H11F2N4O2.5Pt/c23-18-13-12-15(21(24)27-18)16-8-4-10-19(25-16)28(14-6-2-1-3-7-14)20-11-5-9-17(26-20)22(29)30;1-20(2,3)26(17-9-5-7-14(24-17)19(27)28)16-8-4-6-13(23-16)12-10-11-15(21)25-18(12)22;2*21-18-10-7-11(19(22)25-18)12-3-1-4-13(23-12)16-8-9-17(28-16)14-5-2-6-15(24-14)20(26)27;1-23(15-7-3-5-12(21-15)17(24)25)14-6-2-4-11(20-14)10-8-9-13(18)22-16(10)19;;;;;/h1-11,13H,(H,29,30);4-9,11H,1-3H3,(H,27,28);2*1-6,8-10H,(H,26,27);2-7,9H,1H3,(H,24,25);;;;;/q5*-1;;;;;. The number of halogens is 10. The smallest absolute Gasteiger partial charge is 0.354 e. The number of hydrogen-bond acceptors (Lipinski definition) is 25. The molecule has 0 aliphatic rings. The van der Waals surface area contributed by atoms with Crippen LogP contribution in [0.5, 0.6) is 0 Å². The average Bonchev–Trinajstić information content (AvgIpc) is 1.21. The first-order valence-electron chi connectivity index (χ1n) is 40.3. The van der Waals surface area contributed by atoms with Gasteiger partial charge in [-0.15, -0.1) is 41.7 Å². The first kappa shape index (κ1) is 113. The van der Waals surface area contributed by atoms with Crippen molar-refractivity contribution >= 4 is 81.8 Å². The maximum Gasteiger partial charge on any atom is 0.354 e. The molecule has 0 spiro atoms. The van der Waals surface area contributed by atoms with Crippen LogP contribution < -0.4 is 14.7 Å². The molecule has 0 amide bonds. The van der Waals surface area contributed by atoms with Crippen molar-refractivity contribution in [1.82, 2.24) is 74.8 Å². The number of thiophene rings is 1. The molecule has 18 rings (SSSR count). The zero-order valence-electron chi connectivity index (χ0n) is 73.4. The van der Waals surface area contributed by atoms with E-state index in [1.807, 2.05) is 51.1 Å². The average molecular weight is 2880 g/mol. The van der Waals surface area contributed by atoms with Crippen molar-refractivity contribution in [3.63, 3.8) is 0 Å². The van der Waals surface area contributed by atoms with Crippen molar-refractivity contribution in [3.8, 4) is 100 Å². The Labute approximate surface area is 885 Å². The van der Waals surface area contributed by atoms with Gasteiger partial charge in [0, 0.05) is 124 Å². The summed E-state index contributed by atoms with van der Waals surface area (Å²) in [5.41, 5.74) is 2.32. The molecule has 18 aromatic rings. The molecule has 0 aliphatic carbocycles. The summed E-state index contributed by atoms with van der Waals surface area (Å²) in [6, 6.07) is 80.7. The van der Waals surface area contributed by atoms with Gasteiger partial charge in [0.15, 0.2) is 28.6 Å². The van der Waals surface area contributed by atoms with Crippen LogP contribution in [0.3, 0.4) is 0 Å². The van der Waals surface area contributed by atoms with Crippen LogP contribution in [0.4, 0.5) is 84.5 Å². The molecule has 0 aliphatic heterocycles. The summed E-state index contributed by atoms with van der Waals surface area (Å²) in [6.45, 7) is 5.72. The van der Waals surface area contributed by atoms with Crippen molar-refractivity contribution in [3.05, 3.63) is 385 Å². The largest absolute Gasteiger partial charge is 0.477 e. The van der Waals surface area contributed by atoms with Crippen LogP contribution in [0.15, 0.2) is 271 Å². The maximum atomic E-state index is 14.1. The van der Waals surface area contributed by atoms with E-state index in [1.165, 1.54) is 47.7 Å². The van der Waals surface area contributed by atoms with Gasteiger partial charge >= 0.3 is 29.8 Å². The number of benzene rings is 1. The zero-order valence-corrected chi connectivity index (χ0v) is 85.6. The zero-order chi connectivity index (χ0) is 98.9. The van der Waals surface area contributed by atoms with E-state index >= 15 is 0 Å². The van der Waals surface area contributed by atoms with Crippen LogP contribution in [-0.4, -0.2) is 143 Å². The van der Waals surface area contributed by atoms with Crippen LogP contribution in [0.2, 0.25) is 0 Å². The Morgan fingerprint density at radius 2 is 0.528 bits per heavy atom. The quantitative estimate of drug-likeness (QED) is 0.0253. The number of hydrogen-bond donors (Lipinski definition) is 5. The molecular weight excluding hydrogens is 2810 g/mol. The summed E-state index contributed by atoms with van der Waals surface area (Å²) in [5.74, 6) is -12.7. The number of para-hydroxylation sites is 1. The Balaban J connectivity index is 0.000000199. The number of rotatable bonds is 21. The number of furan rings is 1. The molecule has 0 fully saturated rings. The van der Waals surface area contributed by atoms with Gasteiger partial charge in [-0.25, -0.2) is 92.8 Å². The number of carboxylic acid groups (broad SMARTS) is 5. The Bertz CT molecular complexity index is 7490. The van der Waals surface area contributed by atoms with Gasteiger partial charge in [0.05, 0.1) is 26.8 Å². The topological polar surface area (TPSA) is 403 Å². The van der Waals surface area contributed by atoms with Crippen LogP contribution in [0.1, 0.15) is 73.2 Å². The van der Waals surface area contributed by atoms with Crippen molar-refractivity contribution in [2.24, 2.45) is 0 Å². The molecule has 45 heteroatoms. The fraction of sp³-hybridized carbons (Fsp3) is 0.0505. The normalized spacial score (nSPS) is 10.4. The maximum absolute atomic E-state index is 14.1. The minimum absolute atomic E-state index is 0. The second kappa shape index (κ2) is 51.1. The minimum Gasteiger partial charge on any atom is -0.477 e. The summed E-state index contributed by atoms with van der Waals surface area (Å²) < 4.78 is 141. The molecule has 17 aromatic heterocycles. The molecular formula is C99H61F10N18O11Pt5S-5. The predicted molar refractivity (Wildman–Crippen MR) is 484 cm³/mol. The first-order valence-corrected chi connectivity index (χ1v) is 41.2. The molecule has 17 heterocycles. The second-order valence-corrected chi connectivity index (χ2v) is 30.5. The van der Waals surface area contributed by atoms with E-state index in [9.17, 15) is 78.1 Å². The first-order chi connectivity index (χ1) is 66.7. The molecule has 0 unspecified atom stereocenters. The number of carboxylic acids is 5. The predicted octanol–water partition coefficient (Wildman–Crippen LogP) is 21.1. The van der Waals surface area contributed by atoms with E-state index in [0.29, 0.717) is 74.9 Å². The van der Waals surface area contributed by atoms with Gasteiger partial charge in [0.1, 0.15) is 111 Å². The summed E-state index contributed by atoms with van der Waals surface area (Å²) in [4.78, 5) is 121. The Hall–Kier alpha value is -15.1. The van der Waals surface area contributed by atoms with E-state index in [2.05, 4.69) is 105 Å². The Morgan fingerprint density at radius 1 is 0.278 bits per heavy atom. The van der Waals surface area contributed by atoms with Crippen molar-refractivity contribution in [1.29, 1.82) is 0 Å². The third kappa shape index (κ3) is 28.5. The van der Waals surface area contributed by atoms with Gasteiger partial charge in [-0.05, 0) is 177 Å². The third-order valence-corrected chi connectivity index (χ3v) is 20.2. The van der Waals surface area contributed by atoms with E-state index in [0.717, 1.165) is 40.1 Å². The van der Waals surface area contributed by atoms with Crippen LogP contribution >= 0.6 is 11.3 Å². The summed E-state index contributed by atoms with van der Waals surface area (Å²) >= 11 is 1.37. The molecule has 1 aromatic carbocycles. The molecule has 144 heavy (non-hydrogen) atoms. The van der Waals surface area contributed by atoms with Crippen molar-refractivity contribution in [2.75, 3.05) is 21.7 Å². The van der Waals surface area contributed by atoms with Gasteiger partial charge in [0.25, 0.3) is 0 Å². The number of nitrogens with zero attached hydrogens (tertiary/aromatic N) is 18. The molecule has 744 valence electrons. The summed E-state index contributed by atoms with van der Waals surface area (Å²) in [5, 5.41) is 45.7. The van der Waals surface area contributed by atoms with Gasteiger partial charge in [-0.3, -0.25) is 54.7 Å². The van der Waals surface area contributed by atoms with E-state index < -0.39 is 94.9 Å². The van der Waals surface area contributed by atoms with E-state index in [4.69, 9.17) is 19.7 Å². The number of aromatic carboxylic acids is 5. The van der Waals surface area contributed by atoms with Crippen LogP contribution in [0.25, 0.3) is 100 Å². The summed E-state index contributed by atoms with van der Waals surface area (Å²) in [6.07, 6.45) is 0. The number of carbonyl (C=O) groups is 5. The molecule has 29 nitrogen and oxygen atoms in total. The van der Waals surface area contributed by atoms with Crippen molar-refractivity contribution < 1.29 is 203 Å². The fourth-order valence-corrected chi connectivity index (χ4v) is 13.8. The monoisotopic (exact) mass is 2870 g/mol. The number of anilines is 7. The Morgan fingerprint density at radius 3 is 0.896 bits per heavy atom. The number of aromatic nitrogens is 15. The van der Waals surface area contributed by atoms with Gasteiger partial charge in [-0.2, -0.15) is 0 Å². The summed E-state index contributed by atoms with van der Waals surface area (Å²) in [7, 11) is 1.64. The second-order valence-electron chi connectivity index (χ2n) is 29.5. The SMILES string of the molecule is CC(C)(C)N(c1cccc(C(=O)O)n1)c1cccc(-c2[c-]cc(F)nc2F)n1.CN(c1cccc(C(=O)O)n1)c1cccc(-c2[c-]cc(F)nc2F)n1.O=C(O)c1cccc(-c2ccc(-c3cccc(-c4[c-]cc(F)nc4F)n3)o2)n1.O=C(O)c1cccc(-c2ccc(-c3cccc(-c4[c-]cc(F)nc4F)n3)s2)n1.O=C(O)c1cccc(N(c2ccccc2)c2cccc(-c3[c-]cc(F)nc3F)n2)n1.[Pt].[Pt].[Pt].[Pt].[Pt]. The van der Waals surface area contributed by atoms with Gasteiger partial charge in [0.2, 0.25) is 0 Å². The number of pyridine rings is 15. The van der Waals surface area contributed by atoms with Crippen LogP contribution in [0, 0.1) is 89.8 Å². The molecule has 0 saturated heterocycles. The fourth-order valence-electron chi connectivity index (χ4n) is 12.9. The molecule has 0 saturated carbocycles. The van der Waals surface area contributed by atoms with Crippen molar-refractivity contribution in [2.45, 2.75) is 26.3 Å². The van der Waals surface area contributed by atoms with Crippen LogP contribution in [-0.2, 0) is 105 Å². The van der Waals surface area contributed by atoms with Gasteiger partial charge in [-0.1, -0.05) is 167 Å². The van der Waals surface area contributed by atoms with E-state index in [1.54, 1.807) is 192 Å². The van der Waals surface area contributed by atoms with E-state index in [-0.39, 0.29) is 190 Å². The van der Waals surface area contributed by atoms with Gasteiger partial charge < -0.3 is 39.7 Å². The third-order valence-electron chi connectivity index (χ3n) is 19.0. The minimum atomic E-state index is -1.17. The molecule has 0 bridgehead atoms. The molecule has 5 N–H and O–H groups in total. The Kier molecular flexibility index (Phi) is 39.9. The molecule has 0 radical (unpaired) electrons. The molecule has 0 atom stereocenters.